The zero-order valence-electron chi connectivity index (χ0n) is 14.2. The number of benzene rings is 1. The lowest BCUT2D eigenvalue weighted by molar-refractivity contribution is -0.0265. The van der Waals surface area contributed by atoms with Gasteiger partial charge < -0.3 is 15.0 Å². The number of aromatic amines is 1. The Balaban J connectivity index is 1.61. The van der Waals surface area contributed by atoms with Crippen LogP contribution in [0.3, 0.4) is 0 Å². The summed E-state index contributed by atoms with van der Waals surface area (Å²) in [6, 6.07) is 7.36. The number of aliphatic hydroxyl groups is 1. The normalized spacial score (nSPS) is 17.6. The number of aromatic nitrogens is 2. The number of piperidine rings is 1. The minimum absolute atomic E-state index is 0.305. The van der Waals surface area contributed by atoms with E-state index in [1.54, 1.807) is 19.1 Å². The number of nitrogens with one attached hydrogen (secondary N) is 1. The Bertz CT molecular complexity index is 818. The van der Waals surface area contributed by atoms with Gasteiger partial charge in [-0.2, -0.15) is 0 Å². The van der Waals surface area contributed by atoms with Gasteiger partial charge in [0.25, 0.3) is 5.56 Å². The van der Waals surface area contributed by atoms with E-state index < -0.39 is 11.3 Å². The summed E-state index contributed by atoms with van der Waals surface area (Å²) in [5, 5.41) is 10.8. The van der Waals surface area contributed by atoms with Crippen LogP contribution < -0.4 is 11.2 Å². The van der Waals surface area contributed by atoms with E-state index in [1.165, 1.54) is 22.8 Å². The van der Waals surface area contributed by atoms with E-state index in [0.29, 0.717) is 44.7 Å². The Morgan fingerprint density at radius 2 is 1.80 bits per heavy atom. The van der Waals surface area contributed by atoms with Crippen LogP contribution in [-0.4, -0.2) is 39.2 Å². The fraction of sp³-hybridized carbons (Fsp3) is 0.444. The topological polar surface area (TPSA) is 78.3 Å². The van der Waals surface area contributed by atoms with E-state index in [1.807, 2.05) is 0 Å². The van der Waals surface area contributed by atoms with Crippen LogP contribution in [0.15, 0.2) is 39.9 Å². The third-order valence-electron chi connectivity index (χ3n) is 4.86. The zero-order chi connectivity index (χ0) is 18.0. The molecule has 0 aliphatic carbocycles. The summed E-state index contributed by atoms with van der Waals surface area (Å²) in [6.07, 6.45) is 1.05. The Labute approximate surface area is 144 Å². The van der Waals surface area contributed by atoms with Crippen LogP contribution in [0, 0.1) is 12.7 Å². The van der Waals surface area contributed by atoms with Gasteiger partial charge in [-0.1, -0.05) is 12.1 Å². The number of rotatable bonds is 4. The molecule has 0 saturated carbocycles. The van der Waals surface area contributed by atoms with Crippen LogP contribution in [0.5, 0.6) is 0 Å². The molecule has 1 aliphatic heterocycles. The molecule has 1 aromatic heterocycles. The van der Waals surface area contributed by atoms with Gasteiger partial charge in [-0.25, -0.2) is 9.18 Å². The highest BCUT2D eigenvalue weighted by atomic mass is 19.1. The minimum Gasteiger partial charge on any atom is -0.385 e. The molecule has 0 amide bonds. The number of H-pyrrole nitrogens is 1. The molecule has 6 nitrogen and oxygen atoms in total. The van der Waals surface area contributed by atoms with Gasteiger partial charge in [0.15, 0.2) is 0 Å². The Morgan fingerprint density at radius 1 is 1.16 bits per heavy atom. The van der Waals surface area contributed by atoms with E-state index in [2.05, 4.69) is 9.88 Å². The average Bonchev–Trinajstić information content (AvgIpc) is 2.56. The first-order valence-electron chi connectivity index (χ1n) is 8.39. The maximum atomic E-state index is 13.0. The van der Waals surface area contributed by atoms with Gasteiger partial charge in [-0.3, -0.25) is 9.36 Å². The summed E-state index contributed by atoms with van der Waals surface area (Å²) in [6.45, 7) is 3.84. The molecule has 0 spiro atoms. The van der Waals surface area contributed by atoms with Crippen molar-refractivity contribution in [3.05, 3.63) is 68.2 Å². The van der Waals surface area contributed by atoms with Crippen molar-refractivity contribution >= 4 is 0 Å². The SMILES string of the molecule is Cc1cc(=O)n(CCN2CCC(O)(c3ccc(F)cc3)CC2)c(=O)[nH]1. The molecule has 25 heavy (non-hydrogen) atoms. The molecule has 0 radical (unpaired) electrons. The van der Waals surface area contributed by atoms with Gasteiger partial charge in [-0.15, -0.1) is 0 Å². The minimum atomic E-state index is -0.956. The first kappa shape index (κ1) is 17.6. The molecule has 1 fully saturated rings. The summed E-state index contributed by atoms with van der Waals surface area (Å²) in [5.41, 5.74) is -0.387. The number of aryl methyl sites for hydroxylation is 1. The molecule has 2 aromatic rings. The highest BCUT2D eigenvalue weighted by Gasteiger charge is 2.33. The number of halogens is 1. The first-order valence-corrected chi connectivity index (χ1v) is 8.39. The van der Waals surface area contributed by atoms with Crippen LogP contribution >= 0.6 is 0 Å². The van der Waals surface area contributed by atoms with Crippen LogP contribution in [0.1, 0.15) is 24.1 Å². The van der Waals surface area contributed by atoms with E-state index >= 15 is 0 Å². The largest absolute Gasteiger partial charge is 0.385 e. The first-order chi connectivity index (χ1) is 11.9. The highest BCUT2D eigenvalue weighted by molar-refractivity contribution is 5.23. The number of hydrogen-bond donors (Lipinski definition) is 2. The van der Waals surface area contributed by atoms with E-state index in [-0.39, 0.29) is 11.4 Å². The Morgan fingerprint density at radius 3 is 2.40 bits per heavy atom. The third-order valence-corrected chi connectivity index (χ3v) is 4.86. The molecule has 2 heterocycles. The summed E-state index contributed by atoms with van der Waals surface area (Å²) in [4.78, 5) is 28.5. The van der Waals surface area contributed by atoms with Gasteiger partial charge in [0.1, 0.15) is 5.82 Å². The lowest BCUT2D eigenvalue weighted by atomic mass is 9.84. The van der Waals surface area contributed by atoms with Crippen LogP contribution in [-0.2, 0) is 12.1 Å². The maximum Gasteiger partial charge on any atom is 0.328 e. The molecule has 1 aliphatic rings. The van der Waals surface area contributed by atoms with Crippen LogP contribution in [0.2, 0.25) is 0 Å². The van der Waals surface area contributed by atoms with Crippen LogP contribution in [0.4, 0.5) is 4.39 Å². The van der Waals surface area contributed by atoms with Crippen molar-refractivity contribution in [3.63, 3.8) is 0 Å². The van der Waals surface area contributed by atoms with Crippen molar-refractivity contribution in [2.24, 2.45) is 0 Å². The highest BCUT2D eigenvalue weighted by Crippen LogP contribution is 2.32. The van der Waals surface area contributed by atoms with Gasteiger partial charge in [0.05, 0.1) is 5.60 Å². The molecular formula is C18H22FN3O3. The molecule has 1 aromatic carbocycles. The molecule has 3 rings (SSSR count). The number of likely N-dealkylation sites (tertiary alicyclic amines) is 1. The lowest BCUT2D eigenvalue weighted by Crippen LogP contribution is -2.45. The summed E-state index contributed by atoms with van der Waals surface area (Å²) < 4.78 is 14.2. The molecule has 0 unspecified atom stereocenters. The average molecular weight is 347 g/mol. The third kappa shape index (κ3) is 3.88. The molecule has 7 heteroatoms. The molecule has 134 valence electrons. The van der Waals surface area contributed by atoms with Gasteiger partial charge in [0, 0.05) is 37.9 Å². The smallest absolute Gasteiger partial charge is 0.328 e. The molecule has 0 atom stereocenters. The fourth-order valence-corrected chi connectivity index (χ4v) is 3.28. The summed E-state index contributed by atoms with van der Waals surface area (Å²) >= 11 is 0. The van der Waals surface area contributed by atoms with Gasteiger partial charge in [0.2, 0.25) is 0 Å². The van der Waals surface area contributed by atoms with Gasteiger partial charge >= 0.3 is 5.69 Å². The second-order valence-corrected chi connectivity index (χ2v) is 6.63. The van der Waals surface area contributed by atoms with Crippen LogP contribution in [0.25, 0.3) is 0 Å². The monoisotopic (exact) mass is 347 g/mol. The van der Waals surface area contributed by atoms with Crippen molar-refractivity contribution in [3.8, 4) is 0 Å². The standard InChI is InChI=1S/C18H22FN3O3/c1-13-12-16(23)22(17(24)20-13)11-10-21-8-6-18(25,7-9-21)14-2-4-15(19)5-3-14/h2-5,12,25H,6-11H2,1H3,(H,20,24). The molecule has 1 saturated heterocycles. The number of nitrogens with zero attached hydrogens (tertiary/aromatic N) is 2. The quantitative estimate of drug-likeness (QED) is 0.864. The Hall–Kier alpha value is -2.25. The van der Waals surface area contributed by atoms with Crippen molar-refractivity contribution < 1.29 is 9.50 Å². The molecular weight excluding hydrogens is 325 g/mol. The second kappa shape index (κ2) is 6.93. The predicted octanol–water partition coefficient (Wildman–Crippen LogP) is 0.968. The zero-order valence-corrected chi connectivity index (χ0v) is 14.2. The van der Waals surface area contributed by atoms with E-state index in [4.69, 9.17) is 0 Å². The van der Waals surface area contributed by atoms with Crippen molar-refractivity contribution in [1.29, 1.82) is 0 Å². The second-order valence-electron chi connectivity index (χ2n) is 6.63. The van der Waals surface area contributed by atoms with Crippen molar-refractivity contribution in [1.82, 2.24) is 14.5 Å². The maximum absolute atomic E-state index is 13.0. The van der Waals surface area contributed by atoms with Crippen molar-refractivity contribution in [2.45, 2.75) is 31.9 Å². The number of hydrogen-bond acceptors (Lipinski definition) is 4. The van der Waals surface area contributed by atoms with Gasteiger partial charge in [-0.05, 0) is 37.5 Å². The van der Waals surface area contributed by atoms with Crippen molar-refractivity contribution in [2.75, 3.05) is 19.6 Å². The molecule has 2 N–H and O–H groups in total. The summed E-state index contributed by atoms with van der Waals surface area (Å²) in [7, 11) is 0. The molecule has 0 bridgehead atoms. The van der Waals surface area contributed by atoms with E-state index in [0.717, 1.165) is 5.56 Å². The Kier molecular flexibility index (Phi) is 4.87. The summed E-state index contributed by atoms with van der Waals surface area (Å²) in [5.74, 6) is -0.321. The van der Waals surface area contributed by atoms with E-state index in [9.17, 15) is 19.1 Å². The predicted molar refractivity (Wildman–Crippen MR) is 92.0 cm³/mol. The lowest BCUT2D eigenvalue weighted by Gasteiger charge is -2.38. The fourth-order valence-electron chi connectivity index (χ4n) is 3.28.